The van der Waals surface area contributed by atoms with E-state index in [0.29, 0.717) is 50.1 Å². The maximum Gasteiger partial charge on any atom is 0.410 e. The molecular formula is C32H40N4O6. The number of methoxy groups -OCH3 is 1. The maximum absolute atomic E-state index is 13.4. The molecular weight excluding hydrogens is 536 g/mol. The van der Waals surface area contributed by atoms with Gasteiger partial charge in [-0.15, -0.1) is 0 Å². The topological polar surface area (TPSA) is 108 Å². The lowest BCUT2D eigenvalue weighted by atomic mass is 9.79. The molecule has 2 aromatic rings. The molecule has 3 aliphatic rings. The molecule has 3 heterocycles. The Labute approximate surface area is 246 Å². The van der Waals surface area contributed by atoms with E-state index in [1.807, 2.05) is 52.3 Å². The lowest BCUT2D eigenvalue weighted by Crippen LogP contribution is -2.44. The lowest BCUT2D eigenvalue weighted by Gasteiger charge is -2.40. The Morgan fingerprint density at radius 2 is 1.55 bits per heavy atom. The summed E-state index contributed by atoms with van der Waals surface area (Å²) in [4.78, 5) is 55.9. The quantitative estimate of drug-likeness (QED) is 0.520. The van der Waals surface area contributed by atoms with Crippen molar-refractivity contribution in [2.45, 2.75) is 51.3 Å². The zero-order valence-electron chi connectivity index (χ0n) is 24.4. The highest BCUT2D eigenvalue weighted by atomic mass is 16.6. The predicted octanol–water partition coefficient (Wildman–Crippen LogP) is 3.90. The summed E-state index contributed by atoms with van der Waals surface area (Å²) in [5.74, 6) is 0.432. The van der Waals surface area contributed by atoms with Crippen LogP contribution in [-0.4, -0.2) is 85.0 Å². The van der Waals surface area contributed by atoms with Crippen molar-refractivity contribution in [3.05, 3.63) is 65.2 Å². The minimum Gasteiger partial charge on any atom is -0.469 e. The van der Waals surface area contributed by atoms with Gasteiger partial charge in [-0.2, -0.15) is 0 Å². The van der Waals surface area contributed by atoms with E-state index in [0.717, 1.165) is 42.5 Å². The molecule has 0 aliphatic carbocycles. The first-order valence-corrected chi connectivity index (χ1v) is 14.8. The van der Waals surface area contributed by atoms with E-state index in [2.05, 4.69) is 5.32 Å². The number of nitrogens with zero attached hydrogens (tertiary/aromatic N) is 3. The molecule has 0 saturated carbocycles. The van der Waals surface area contributed by atoms with Crippen LogP contribution in [0.1, 0.15) is 53.6 Å². The smallest absolute Gasteiger partial charge is 0.410 e. The summed E-state index contributed by atoms with van der Waals surface area (Å²) in [7, 11) is 3.00. The highest BCUT2D eigenvalue weighted by molar-refractivity contribution is 5.96. The van der Waals surface area contributed by atoms with Gasteiger partial charge in [-0.1, -0.05) is 30.3 Å². The van der Waals surface area contributed by atoms with Gasteiger partial charge < -0.3 is 29.5 Å². The molecule has 10 nitrogen and oxygen atoms in total. The monoisotopic (exact) mass is 576 g/mol. The third-order valence-corrected chi connectivity index (χ3v) is 8.86. The number of amides is 3. The molecule has 0 bridgehead atoms. The number of likely N-dealkylation sites (N-methyl/N-ethyl adjacent to an activating group) is 1. The van der Waals surface area contributed by atoms with Gasteiger partial charge in [0.2, 0.25) is 5.91 Å². The summed E-state index contributed by atoms with van der Waals surface area (Å²) in [6.45, 7) is 3.46. The van der Waals surface area contributed by atoms with Crippen LogP contribution in [0.2, 0.25) is 0 Å². The van der Waals surface area contributed by atoms with E-state index in [1.54, 1.807) is 18.0 Å². The second-order valence-corrected chi connectivity index (χ2v) is 11.5. The summed E-state index contributed by atoms with van der Waals surface area (Å²) >= 11 is 0. The lowest BCUT2D eigenvalue weighted by molar-refractivity contribution is -0.143. The van der Waals surface area contributed by atoms with Crippen molar-refractivity contribution >= 4 is 29.6 Å². The normalized spacial score (nSPS) is 19.9. The first-order chi connectivity index (χ1) is 20.3. The fourth-order valence-electron chi connectivity index (χ4n) is 6.36. The van der Waals surface area contributed by atoms with Crippen LogP contribution in [0.15, 0.2) is 48.5 Å². The maximum atomic E-state index is 13.4. The van der Waals surface area contributed by atoms with E-state index in [-0.39, 0.29) is 30.9 Å². The molecule has 2 saturated heterocycles. The second kappa shape index (κ2) is 13.3. The summed E-state index contributed by atoms with van der Waals surface area (Å²) < 4.78 is 10.3. The van der Waals surface area contributed by atoms with Crippen molar-refractivity contribution in [2.75, 3.05) is 45.7 Å². The Morgan fingerprint density at radius 1 is 0.905 bits per heavy atom. The molecule has 224 valence electrons. The average Bonchev–Trinajstić information content (AvgIpc) is 3.14. The van der Waals surface area contributed by atoms with Crippen LogP contribution in [0.4, 0.5) is 10.5 Å². The van der Waals surface area contributed by atoms with Crippen molar-refractivity contribution in [3.63, 3.8) is 0 Å². The molecule has 3 aliphatic heterocycles. The van der Waals surface area contributed by atoms with Crippen molar-refractivity contribution in [1.82, 2.24) is 14.7 Å². The largest absolute Gasteiger partial charge is 0.469 e. The van der Waals surface area contributed by atoms with E-state index >= 15 is 0 Å². The molecule has 0 aromatic heterocycles. The van der Waals surface area contributed by atoms with Crippen molar-refractivity contribution < 1.29 is 28.7 Å². The fraction of sp³-hybridized carbons (Fsp3) is 0.500. The van der Waals surface area contributed by atoms with Crippen LogP contribution in [0.5, 0.6) is 0 Å². The summed E-state index contributed by atoms with van der Waals surface area (Å²) in [5.41, 5.74) is 3.17. The Balaban J connectivity index is 1.11. The standard InChI is InChI=1S/C32H40N4O6/c1-34-20-26-18-25(8-9-27(26)33-28(31(34)39)19-29(37)41-2)30(38)35-14-10-23(11-15-35)24-12-16-36(17-13-24)32(40)42-21-22-6-4-3-5-7-22/h3-9,18,23-24,28,33H,10-17,19-21H2,1-2H3. The number of anilines is 1. The van der Waals surface area contributed by atoms with Crippen LogP contribution in [0, 0.1) is 11.8 Å². The van der Waals surface area contributed by atoms with Gasteiger partial charge in [0.15, 0.2) is 0 Å². The molecule has 3 amide bonds. The number of carbonyl (C=O) groups excluding carboxylic acids is 4. The van der Waals surface area contributed by atoms with Crippen LogP contribution in [0.25, 0.3) is 0 Å². The van der Waals surface area contributed by atoms with Gasteiger partial charge in [0.1, 0.15) is 12.6 Å². The number of benzene rings is 2. The number of likely N-dealkylation sites (tertiary alicyclic amines) is 2. The number of nitrogens with one attached hydrogen (secondary N) is 1. The van der Waals surface area contributed by atoms with E-state index in [4.69, 9.17) is 9.47 Å². The highest BCUT2D eigenvalue weighted by Crippen LogP contribution is 2.33. The van der Waals surface area contributed by atoms with Crippen molar-refractivity contribution in [2.24, 2.45) is 11.8 Å². The number of hydrogen-bond donors (Lipinski definition) is 1. The number of esters is 1. The van der Waals surface area contributed by atoms with Gasteiger partial charge in [0, 0.05) is 51.0 Å². The van der Waals surface area contributed by atoms with Gasteiger partial charge in [-0.3, -0.25) is 14.4 Å². The Morgan fingerprint density at radius 3 is 2.19 bits per heavy atom. The van der Waals surface area contributed by atoms with Gasteiger partial charge in [0.25, 0.3) is 5.91 Å². The molecule has 1 unspecified atom stereocenters. The number of ether oxygens (including phenoxy) is 2. The molecule has 10 heteroatoms. The van der Waals surface area contributed by atoms with Crippen molar-refractivity contribution in [3.8, 4) is 0 Å². The molecule has 42 heavy (non-hydrogen) atoms. The number of carbonyl (C=O) groups is 4. The molecule has 0 spiro atoms. The van der Waals surface area contributed by atoms with Gasteiger partial charge >= 0.3 is 12.1 Å². The zero-order chi connectivity index (χ0) is 29.6. The molecule has 5 rings (SSSR count). The van der Waals surface area contributed by atoms with E-state index in [1.165, 1.54) is 7.11 Å². The Kier molecular flexibility index (Phi) is 9.29. The zero-order valence-corrected chi connectivity index (χ0v) is 24.4. The van der Waals surface area contributed by atoms with Crippen LogP contribution in [0.3, 0.4) is 0 Å². The van der Waals surface area contributed by atoms with Crippen LogP contribution < -0.4 is 5.32 Å². The number of fused-ring (bicyclic) bond motifs is 1. The van der Waals surface area contributed by atoms with E-state index in [9.17, 15) is 19.2 Å². The molecule has 1 N–H and O–H groups in total. The number of piperidine rings is 2. The average molecular weight is 577 g/mol. The first-order valence-electron chi connectivity index (χ1n) is 14.8. The fourth-order valence-corrected chi connectivity index (χ4v) is 6.36. The second-order valence-electron chi connectivity index (χ2n) is 11.5. The van der Waals surface area contributed by atoms with Crippen LogP contribution >= 0.6 is 0 Å². The van der Waals surface area contributed by atoms with E-state index < -0.39 is 12.0 Å². The molecule has 1 atom stereocenters. The summed E-state index contributed by atoms with van der Waals surface area (Å²) in [6.07, 6.45) is 3.51. The van der Waals surface area contributed by atoms with Gasteiger partial charge in [-0.25, -0.2) is 4.79 Å². The number of rotatable bonds is 6. The highest BCUT2D eigenvalue weighted by Gasteiger charge is 2.34. The van der Waals surface area contributed by atoms with Gasteiger partial charge in [0.05, 0.1) is 13.5 Å². The molecule has 2 fully saturated rings. The number of hydrogen-bond acceptors (Lipinski definition) is 7. The Hall–Kier alpha value is -4.08. The third kappa shape index (κ3) is 6.86. The first kappa shape index (κ1) is 29.4. The molecule has 0 radical (unpaired) electrons. The summed E-state index contributed by atoms with van der Waals surface area (Å²) in [5, 5.41) is 3.17. The Bertz CT molecular complexity index is 1290. The molecule has 2 aromatic carbocycles. The van der Waals surface area contributed by atoms with Crippen LogP contribution in [-0.2, 0) is 32.2 Å². The van der Waals surface area contributed by atoms with Crippen molar-refractivity contribution in [1.29, 1.82) is 0 Å². The van der Waals surface area contributed by atoms with Gasteiger partial charge in [-0.05, 0) is 66.8 Å². The SMILES string of the molecule is COC(=O)CC1Nc2ccc(C(=O)N3CCC(C4CCN(C(=O)OCc5ccccc5)CC4)CC3)cc2CN(C)C1=O. The summed E-state index contributed by atoms with van der Waals surface area (Å²) in [6, 6.07) is 14.5. The predicted molar refractivity (Wildman–Crippen MR) is 157 cm³/mol. The third-order valence-electron chi connectivity index (χ3n) is 8.86. The minimum absolute atomic E-state index is 0.00318. The minimum atomic E-state index is -0.712.